The number of amides is 1. The van der Waals surface area contributed by atoms with Crippen molar-refractivity contribution >= 4 is 37.2 Å². The van der Waals surface area contributed by atoms with Gasteiger partial charge in [-0.3, -0.25) is 4.79 Å². The molecular weight excluding hydrogens is 337 g/mol. The summed E-state index contributed by atoms with van der Waals surface area (Å²) in [7, 11) is 3.08. The SMILES string of the molecule is Cc1c(Cl)cc(C(=O)N(C)C2CCOC2)cc1S(=O)(=O)Cl. The number of likely N-dealkylation sites (N-methyl/N-ethyl adjacent to an activating group) is 1. The van der Waals surface area contributed by atoms with E-state index in [0.717, 1.165) is 6.42 Å². The lowest BCUT2D eigenvalue weighted by Crippen LogP contribution is -2.37. The Hall–Kier alpha value is -0.820. The van der Waals surface area contributed by atoms with Gasteiger partial charge in [-0.2, -0.15) is 0 Å². The summed E-state index contributed by atoms with van der Waals surface area (Å²) < 4.78 is 28.4. The number of halogens is 2. The molecule has 1 aromatic rings. The second-order valence-corrected chi connectivity index (χ2v) is 7.89. The van der Waals surface area contributed by atoms with E-state index in [2.05, 4.69) is 0 Å². The molecule has 1 heterocycles. The maximum atomic E-state index is 12.4. The third-order valence-electron chi connectivity index (χ3n) is 3.58. The molecule has 0 saturated carbocycles. The predicted molar refractivity (Wildman–Crippen MR) is 80.5 cm³/mol. The molecule has 1 aromatic carbocycles. The van der Waals surface area contributed by atoms with Crippen molar-refractivity contribution in [2.45, 2.75) is 24.3 Å². The van der Waals surface area contributed by atoms with E-state index in [9.17, 15) is 13.2 Å². The van der Waals surface area contributed by atoms with E-state index < -0.39 is 9.05 Å². The van der Waals surface area contributed by atoms with Crippen molar-refractivity contribution in [3.63, 3.8) is 0 Å². The van der Waals surface area contributed by atoms with Gasteiger partial charge >= 0.3 is 0 Å². The van der Waals surface area contributed by atoms with Gasteiger partial charge in [-0.05, 0) is 31.0 Å². The van der Waals surface area contributed by atoms with Crippen LogP contribution in [0, 0.1) is 6.92 Å². The van der Waals surface area contributed by atoms with Crippen molar-refractivity contribution < 1.29 is 17.9 Å². The largest absolute Gasteiger partial charge is 0.379 e. The van der Waals surface area contributed by atoms with Crippen molar-refractivity contribution in [3.05, 3.63) is 28.3 Å². The normalized spacial score (nSPS) is 18.8. The standard InChI is InChI=1S/C13H15Cl2NO4S/c1-8-11(14)5-9(6-12(8)21(15,18)19)13(17)16(2)10-3-4-20-7-10/h5-6,10H,3-4,7H2,1-2H3. The molecule has 8 heteroatoms. The van der Waals surface area contributed by atoms with Crippen molar-refractivity contribution in [1.82, 2.24) is 4.90 Å². The number of rotatable bonds is 3. The van der Waals surface area contributed by atoms with Crippen LogP contribution in [0.5, 0.6) is 0 Å². The van der Waals surface area contributed by atoms with Crippen LogP contribution in [0.1, 0.15) is 22.3 Å². The van der Waals surface area contributed by atoms with Crippen LogP contribution in [0.2, 0.25) is 5.02 Å². The zero-order valence-electron chi connectivity index (χ0n) is 11.6. The van der Waals surface area contributed by atoms with E-state index in [0.29, 0.717) is 18.8 Å². The highest BCUT2D eigenvalue weighted by molar-refractivity contribution is 8.13. The summed E-state index contributed by atoms with van der Waals surface area (Å²) in [5.74, 6) is -0.311. The fourth-order valence-electron chi connectivity index (χ4n) is 2.23. The monoisotopic (exact) mass is 351 g/mol. The summed E-state index contributed by atoms with van der Waals surface area (Å²) in [6, 6.07) is 2.70. The van der Waals surface area contributed by atoms with Crippen LogP contribution in [-0.2, 0) is 13.8 Å². The highest BCUT2D eigenvalue weighted by Gasteiger charge is 2.27. The van der Waals surface area contributed by atoms with E-state index in [4.69, 9.17) is 27.0 Å². The smallest absolute Gasteiger partial charge is 0.261 e. The third kappa shape index (κ3) is 3.51. The molecule has 0 spiro atoms. The Morgan fingerprint density at radius 3 is 2.62 bits per heavy atom. The molecule has 1 saturated heterocycles. The first-order chi connectivity index (χ1) is 9.71. The van der Waals surface area contributed by atoms with Gasteiger partial charge in [0, 0.05) is 34.9 Å². The summed E-state index contributed by atoms with van der Waals surface area (Å²) in [4.78, 5) is 13.8. The lowest BCUT2D eigenvalue weighted by Gasteiger charge is -2.23. The Labute approximate surface area is 133 Å². The lowest BCUT2D eigenvalue weighted by atomic mass is 10.1. The van der Waals surface area contributed by atoms with E-state index in [1.165, 1.54) is 12.1 Å². The quantitative estimate of drug-likeness (QED) is 0.784. The number of nitrogens with zero attached hydrogens (tertiary/aromatic N) is 1. The maximum Gasteiger partial charge on any atom is 0.261 e. The minimum absolute atomic E-state index is 0.0198. The van der Waals surface area contributed by atoms with Crippen LogP contribution in [0.15, 0.2) is 17.0 Å². The number of hydrogen-bond acceptors (Lipinski definition) is 4. The molecule has 0 bridgehead atoms. The van der Waals surface area contributed by atoms with E-state index in [-0.39, 0.29) is 27.4 Å². The Morgan fingerprint density at radius 2 is 2.10 bits per heavy atom. The van der Waals surface area contributed by atoms with Gasteiger partial charge in [-0.25, -0.2) is 8.42 Å². The first-order valence-electron chi connectivity index (χ1n) is 6.31. The third-order valence-corrected chi connectivity index (χ3v) is 5.42. The summed E-state index contributed by atoms with van der Waals surface area (Å²) in [6.07, 6.45) is 0.752. The van der Waals surface area contributed by atoms with Crippen LogP contribution >= 0.6 is 22.3 Å². The number of ether oxygens (including phenoxy) is 1. The summed E-state index contributed by atoms with van der Waals surface area (Å²) in [5, 5.41) is 0.191. The fraction of sp³-hybridized carbons (Fsp3) is 0.462. The Morgan fingerprint density at radius 1 is 1.43 bits per heavy atom. The second kappa shape index (κ2) is 6.12. The van der Waals surface area contributed by atoms with Gasteiger partial charge in [0.1, 0.15) is 0 Å². The number of carbonyl (C=O) groups is 1. The van der Waals surface area contributed by atoms with E-state index >= 15 is 0 Å². The van der Waals surface area contributed by atoms with Crippen molar-refractivity contribution in [1.29, 1.82) is 0 Å². The molecule has 1 fully saturated rings. The molecule has 0 radical (unpaired) electrons. The van der Waals surface area contributed by atoms with Gasteiger partial charge < -0.3 is 9.64 Å². The van der Waals surface area contributed by atoms with Gasteiger partial charge in [0.05, 0.1) is 17.5 Å². The molecule has 5 nitrogen and oxygen atoms in total. The van der Waals surface area contributed by atoms with Crippen LogP contribution in [0.4, 0.5) is 0 Å². The molecule has 116 valence electrons. The number of benzene rings is 1. The highest BCUT2D eigenvalue weighted by atomic mass is 35.7. The van der Waals surface area contributed by atoms with Gasteiger partial charge in [-0.15, -0.1) is 0 Å². The molecule has 1 aliphatic heterocycles. The van der Waals surface area contributed by atoms with Gasteiger partial charge in [0.15, 0.2) is 0 Å². The summed E-state index contributed by atoms with van der Waals surface area (Å²) in [6.45, 7) is 2.63. The fourth-order valence-corrected chi connectivity index (χ4v) is 3.73. The Bertz CT molecular complexity index is 669. The highest BCUT2D eigenvalue weighted by Crippen LogP contribution is 2.28. The minimum atomic E-state index is -3.96. The minimum Gasteiger partial charge on any atom is -0.379 e. The van der Waals surface area contributed by atoms with Crippen LogP contribution < -0.4 is 0 Å². The second-order valence-electron chi connectivity index (χ2n) is 4.95. The summed E-state index contributed by atoms with van der Waals surface area (Å²) in [5.41, 5.74) is 0.522. The zero-order valence-corrected chi connectivity index (χ0v) is 13.9. The number of hydrogen-bond donors (Lipinski definition) is 0. The van der Waals surface area contributed by atoms with Gasteiger partial charge in [-0.1, -0.05) is 11.6 Å². The first-order valence-corrected chi connectivity index (χ1v) is 9.00. The average Bonchev–Trinajstić information content (AvgIpc) is 2.92. The molecule has 2 rings (SSSR count). The van der Waals surface area contributed by atoms with Crippen LogP contribution in [0.25, 0.3) is 0 Å². The molecule has 0 aliphatic carbocycles. The van der Waals surface area contributed by atoms with Gasteiger partial charge in [0.2, 0.25) is 0 Å². The molecule has 21 heavy (non-hydrogen) atoms. The molecule has 1 atom stereocenters. The number of carbonyl (C=O) groups excluding carboxylic acids is 1. The van der Waals surface area contributed by atoms with E-state index in [1.807, 2.05) is 0 Å². The van der Waals surface area contributed by atoms with Crippen molar-refractivity contribution in [3.8, 4) is 0 Å². The van der Waals surface area contributed by atoms with Crippen molar-refractivity contribution in [2.75, 3.05) is 20.3 Å². The first kappa shape index (κ1) is 16.5. The topological polar surface area (TPSA) is 63.7 Å². The van der Waals surface area contributed by atoms with Crippen LogP contribution in [-0.4, -0.2) is 45.5 Å². The molecule has 1 aliphatic rings. The van der Waals surface area contributed by atoms with Crippen LogP contribution in [0.3, 0.4) is 0 Å². The molecular formula is C13H15Cl2NO4S. The lowest BCUT2D eigenvalue weighted by molar-refractivity contribution is 0.0711. The Kier molecular flexibility index (Phi) is 4.82. The zero-order chi connectivity index (χ0) is 15.8. The Balaban J connectivity index is 2.40. The van der Waals surface area contributed by atoms with E-state index in [1.54, 1.807) is 18.9 Å². The van der Waals surface area contributed by atoms with Crippen molar-refractivity contribution in [2.24, 2.45) is 0 Å². The molecule has 1 amide bonds. The molecule has 0 aromatic heterocycles. The van der Waals surface area contributed by atoms with Gasteiger partial charge in [0.25, 0.3) is 15.0 Å². The predicted octanol–water partition coefficient (Wildman–Crippen LogP) is 2.44. The molecule has 1 unspecified atom stereocenters. The maximum absolute atomic E-state index is 12.4. The summed E-state index contributed by atoms with van der Waals surface area (Å²) >= 11 is 6.01. The molecule has 0 N–H and O–H groups in total. The average molecular weight is 352 g/mol.